The third-order valence-corrected chi connectivity index (χ3v) is 4.77. The van der Waals surface area contributed by atoms with Crippen LogP contribution in [0, 0.1) is 5.92 Å². The van der Waals surface area contributed by atoms with Crippen molar-refractivity contribution >= 4 is 45.7 Å². The van der Waals surface area contributed by atoms with Gasteiger partial charge in [-0.15, -0.1) is 0 Å². The van der Waals surface area contributed by atoms with Crippen molar-refractivity contribution < 1.29 is 9.59 Å². The van der Waals surface area contributed by atoms with Gasteiger partial charge in [0, 0.05) is 22.6 Å². The van der Waals surface area contributed by atoms with E-state index in [9.17, 15) is 9.59 Å². The normalized spacial score (nSPS) is 16.9. The van der Waals surface area contributed by atoms with E-state index in [0.717, 1.165) is 16.6 Å². The second-order valence-corrected chi connectivity index (χ2v) is 6.65. The molecule has 3 aromatic rings. The van der Waals surface area contributed by atoms with Gasteiger partial charge in [-0.3, -0.25) is 14.6 Å². The van der Waals surface area contributed by atoms with E-state index in [4.69, 9.17) is 11.6 Å². The zero-order valence-corrected chi connectivity index (χ0v) is 14.6. The second-order valence-electron chi connectivity index (χ2n) is 6.21. The van der Waals surface area contributed by atoms with E-state index in [-0.39, 0.29) is 11.8 Å². The Labute approximate surface area is 155 Å². The van der Waals surface area contributed by atoms with Crippen molar-refractivity contribution in [2.75, 3.05) is 16.8 Å². The molecule has 1 aliphatic rings. The van der Waals surface area contributed by atoms with E-state index in [0.29, 0.717) is 23.7 Å². The first-order valence-electron chi connectivity index (χ1n) is 8.34. The Morgan fingerprint density at radius 3 is 2.73 bits per heavy atom. The number of pyridine rings is 1. The number of para-hydroxylation sites is 1. The van der Waals surface area contributed by atoms with E-state index in [1.807, 2.05) is 30.3 Å². The molecule has 1 aromatic heterocycles. The average molecular weight is 366 g/mol. The molecule has 0 spiro atoms. The highest BCUT2D eigenvalue weighted by Crippen LogP contribution is 2.27. The van der Waals surface area contributed by atoms with Crippen LogP contribution in [-0.2, 0) is 9.59 Å². The first-order chi connectivity index (χ1) is 12.6. The molecule has 130 valence electrons. The molecular formula is C20H16ClN3O2. The summed E-state index contributed by atoms with van der Waals surface area (Å²) in [5, 5.41) is 4.36. The van der Waals surface area contributed by atoms with Gasteiger partial charge in [0.1, 0.15) is 5.92 Å². The molecule has 0 bridgehead atoms. The van der Waals surface area contributed by atoms with Crippen LogP contribution >= 0.6 is 11.6 Å². The lowest BCUT2D eigenvalue weighted by molar-refractivity contribution is -0.129. The van der Waals surface area contributed by atoms with Crippen LogP contribution < -0.4 is 10.2 Å². The largest absolute Gasteiger partial charge is 0.324 e. The van der Waals surface area contributed by atoms with Gasteiger partial charge in [0.25, 0.3) is 0 Å². The number of hydrogen-bond acceptors (Lipinski definition) is 3. The van der Waals surface area contributed by atoms with Gasteiger partial charge >= 0.3 is 0 Å². The number of nitrogens with zero attached hydrogens (tertiary/aromatic N) is 2. The molecule has 2 heterocycles. The Hall–Kier alpha value is -2.92. The van der Waals surface area contributed by atoms with E-state index in [1.165, 1.54) is 0 Å². The monoisotopic (exact) mass is 365 g/mol. The highest BCUT2D eigenvalue weighted by Gasteiger charge is 2.37. The minimum atomic E-state index is -0.697. The number of hydrogen-bond donors (Lipinski definition) is 1. The zero-order chi connectivity index (χ0) is 18.1. The second kappa shape index (κ2) is 6.77. The van der Waals surface area contributed by atoms with Gasteiger partial charge in [-0.2, -0.15) is 0 Å². The molecule has 1 N–H and O–H groups in total. The molecule has 2 aromatic carbocycles. The summed E-state index contributed by atoms with van der Waals surface area (Å²) in [7, 11) is 0. The van der Waals surface area contributed by atoms with Gasteiger partial charge in [-0.1, -0.05) is 29.8 Å². The highest BCUT2D eigenvalue weighted by molar-refractivity contribution is 6.30. The third kappa shape index (κ3) is 3.13. The first-order valence-corrected chi connectivity index (χ1v) is 8.72. The summed E-state index contributed by atoms with van der Waals surface area (Å²) in [5.74, 6) is -1.20. The van der Waals surface area contributed by atoms with Crippen LogP contribution in [0.1, 0.15) is 6.42 Å². The van der Waals surface area contributed by atoms with Crippen molar-refractivity contribution in [2.24, 2.45) is 5.92 Å². The standard InChI is InChI=1S/C20H16ClN3O2/c21-14-5-7-16(8-6-14)24-10-9-17(20(24)26)19(25)23-15-11-13-3-1-2-4-18(13)22-12-15/h1-8,11-12,17H,9-10H2,(H,23,25). The molecule has 1 fully saturated rings. The molecule has 5 nitrogen and oxygen atoms in total. The van der Waals surface area contributed by atoms with Crippen molar-refractivity contribution in [3.8, 4) is 0 Å². The molecule has 4 rings (SSSR count). The zero-order valence-electron chi connectivity index (χ0n) is 13.9. The number of carbonyl (C=O) groups is 2. The number of aromatic nitrogens is 1. The molecule has 1 aliphatic heterocycles. The lowest BCUT2D eigenvalue weighted by atomic mass is 10.1. The summed E-state index contributed by atoms with van der Waals surface area (Å²) in [4.78, 5) is 31.2. The van der Waals surface area contributed by atoms with Crippen molar-refractivity contribution in [2.45, 2.75) is 6.42 Å². The van der Waals surface area contributed by atoms with Crippen molar-refractivity contribution in [3.63, 3.8) is 0 Å². The van der Waals surface area contributed by atoms with Crippen LogP contribution in [0.5, 0.6) is 0 Å². The summed E-state index contributed by atoms with van der Waals surface area (Å²) < 4.78 is 0. The fourth-order valence-corrected chi connectivity index (χ4v) is 3.30. The first kappa shape index (κ1) is 16.5. The summed E-state index contributed by atoms with van der Waals surface area (Å²) in [6, 6.07) is 16.6. The quantitative estimate of drug-likeness (QED) is 0.716. The number of carbonyl (C=O) groups excluding carboxylic acids is 2. The maximum absolute atomic E-state index is 12.7. The molecule has 1 unspecified atom stereocenters. The molecule has 26 heavy (non-hydrogen) atoms. The smallest absolute Gasteiger partial charge is 0.239 e. The molecule has 0 radical (unpaired) electrons. The molecule has 0 saturated carbocycles. The van der Waals surface area contributed by atoms with Crippen LogP contribution in [0.15, 0.2) is 60.8 Å². The highest BCUT2D eigenvalue weighted by atomic mass is 35.5. The summed E-state index contributed by atoms with van der Waals surface area (Å²) in [6.45, 7) is 0.508. The lowest BCUT2D eigenvalue weighted by Crippen LogP contribution is -2.33. The van der Waals surface area contributed by atoms with E-state index < -0.39 is 5.92 Å². The number of rotatable bonds is 3. The molecular weight excluding hydrogens is 350 g/mol. The van der Waals surface area contributed by atoms with E-state index in [2.05, 4.69) is 10.3 Å². The number of amides is 2. The Morgan fingerprint density at radius 1 is 1.15 bits per heavy atom. The van der Waals surface area contributed by atoms with Gasteiger partial charge < -0.3 is 10.2 Å². The van der Waals surface area contributed by atoms with Crippen molar-refractivity contribution in [1.29, 1.82) is 0 Å². The molecule has 1 saturated heterocycles. The van der Waals surface area contributed by atoms with Crippen LogP contribution in [0.3, 0.4) is 0 Å². The van der Waals surface area contributed by atoms with Crippen molar-refractivity contribution in [1.82, 2.24) is 4.98 Å². The number of halogens is 1. The van der Waals surface area contributed by atoms with Crippen LogP contribution in [0.4, 0.5) is 11.4 Å². The Kier molecular flexibility index (Phi) is 4.31. The van der Waals surface area contributed by atoms with Gasteiger partial charge in [-0.05, 0) is 42.8 Å². The minimum Gasteiger partial charge on any atom is -0.324 e. The SMILES string of the molecule is O=C(Nc1cnc2ccccc2c1)C1CCN(c2ccc(Cl)cc2)C1=O. The molecule has 1 atom stereocenters. The molecule has 0 aliphatic carbocycles. The minimum absolute atomic E-state index is 0.196. The van der Waals surface area contributed by atoms with E-state index >= 15 is 0 Å². The average Bonchev–Trinajstić information content (AvgIpc) is 3.04. The van der Waals surface area contributed by atoms with E-state index in [1.54, 1.807) is 35.4 Å². The third-order valence-electron chi connectivity index (χ3n) is 4.52. The summed E-state index contributed by atoms with van der Waals surface area (Å²) in [6.07, 6.45) is 2.09. The Balaban J connectivity index is 1.49. The van der Waals surface area contributed by atoms with Crippen LogP contribution in [0.2, 0.25) is 5.02 Å². The topological polar surface area (TPSA) is 62.3 Å². The number of fused-ring (bicyclic) bond motifs is 1. The van der Waals surface area contributed by atoms with Gasteiger partial charge in [0.15, 0.2) is 0 Å². The maximum Gasteiger partial charge on any atom is 0.239 e. The summed E-state index contributed by atoms with van der Waals surface area (Å²) >= 11 is 5.89. The molecule has 2 amide bonds. The fourth-order valence-electron chi connectivity index (χ4n) is 3.17. The maximum atomic E-state index is 12.7. The molecule has 6 heteroatoms. The number of anilines is 2. The predicted molar refractivity (Wildman–Crippen MR) is 102 cm³/mol. The predicted octanol–water partition coefficient (Wildman–Crippen LogP) is 3.88. The number of benzene rings is 2. The van der Waals surface area contributed by atoms with Crippen molar-refractivity contribution in [3.05, 3.63) is 65.8 Å². The van der Waals surface area contributed by atoms with Gasteiger partial charge in [0.2, 0.25) is 11.8 Å². The van der Waals surface area contributed by atoms with Crippen LogP contribution in [0.25, 0.3) is 10.9 Å². The fraction of sp³-hybridized carbons (Fsp3) is 0.150. The van der Waals surface area contributed by atoms with Gasteiger partial charge in [0.05, 0.1) is 17.4 Å². The van der Waals surface area contributed by atoms with Gasteiger partial charge in [-0.25, -0.2) is 0 Å². The number of nitrogens with one attached hydrogen (secondary N) is 1. The lowest BCUT2D eigenvalue weighted by Gasteiger charge is -2.17. The Morgan fingerprint density at radius 2 is 1.92 bits per heavy atom. The van der Waals surface area contributed by atoms with Crippen LogP contribution in [-0.4, -0.2) is 23.3 Å². The summed E-state index contributed by atoms with van der Waals surface area (Å²) in [5.41, 5.74) is 2.20. The Bertz CT molecular complexity index is 988.